The molecule has 4 nitrogen and oxygen atoms in total. The minimum absolute atomic E-state index is 0.0704. The second kappa shape index (κ2) is 6.75. The lowest BCUT2D eigenvalue weighted by Crippen LogP contribution is -2.44. The summed E-state index contributed by atoms with van der Waals surface area (Å²) in [6.07, 6.45) is 5.20. The lowest BCUT2D eigenvalue weighted by atomic mass is 9.78. The van der Waals surface area contributed by atoms with Crippen molar-refractivity contribution < 1.29 is 9.84 Å². The smallest absolute Gasteiger partial charge is 0.128 e. The molecule has 1 aromatic rings. The number of rotatable bonds is 5. The van der Waals surface area contributed by atoms with E-state index in [1.807, 2.05) is 13.1 Å². The molecule has 0 bridgehead atoms. The highest BCUT2D eigenvalue weighted by Crippen LogP contribution is 2.34. The Kier molecular flexibility index (Phi) is 5.22. The Morgan fingerprint density at radius 2 is 2.19 bits per heavy atom. The number of nitrogens with zero attached hydrogens (tertiary/aromatic N) is 2. The van der Waals surface area contributed by atoms with Gasteiger partial charge in [0.15, 0.2) is 0 Å². The van der Waals surface area contributed by atoms with Crippen molar-refractivity contribution in [3.05, 3.63) is 23.0 Å². The van der Waals surface area contributed by atoms with E-state index in [-0.39, 0.29) is 12.0 Å². The van der Waals surface area contributed by atoms with E-state index >= 15 is 0 Å². The summed E-state index contributed by atoms with van der Waals surface area (Å²) in [6, 6.07) is 0. The van der Waals surface area contributed by atoms with Gasteiger partial charge in [-0.2, -0.15) is 0 Å². The molecule has 1 fully saturated rings. The van der Waals surface area contributed by atoms with Crippen LogP contribution in [0.2, 0.25) is 0 Å². The van der Waals surface area contributed by atoms with Gasteiger partial charge in [-0.05, 0) is 39.7 Å². The Labute approximate surface area is 128 Å². The summed E-state index contributed by atoms with van der Waals surface area (Å²) in [5, 5.41) is 9.74. The minimum atomic E-state index is 0.0704. The van der Waals surface area contributed by atoms with Crippen molar-refractivity contribution in [2.45, 2.75) is 46.6 Å². The first-order valence-corrected chi connectivity index (χ1v) is 7.87. The van der Waals surface area contributed by atoms with Crippen molar-refractivity contribution in [1.82, 2.24) is 9.88 Å². The summed E-state index contributed by atoms with van der Waals surface area (Å²) < 4.78 is 5.49. The normalized spacial score (nSPS) is 23.3. The van der Waals surface area contributed by atoms with Gasteiger partial charge in [0, 0.05) is 42.4 Å². The third kappa shape index (κ3) is 3.38. The Hall–Kier alpha value is -1.13. The van der Waals surface area contributed by atoms with E-state index in [9.17, 15) is 5.11 Å². The highest BCUT2D eigenvalue weighted by molar-refractivity contribution is 5.41. The number of hydrogen-bond acceptors (Lipinski definition) is 4. The maximum absolute atomic E-state index is 9.74. The van der Waals surface area contributed by atoms with Crippen LogP contribution in [0.3, 0.4) is 0 Å². The molecular weight excluding hydrogens is 264 g/mol. The van der Waals surface area contributed by atoms with Crippen LogP contribution in [-0.4, -0.2) is 41.8 Å². The number of pyridine rings is 1. The van der Waals surface area contributed by atoms with E-state index in [0.29, 0.717) is 0 Å². The van der Waals surface area contributed by atoms with Crippen LogP contribution in [0.15, 0.2) is 6.20 Å². The maximum Gasteiger partial charge on any atom is 0.128 e. The molecule has 0 aliphatic carbocycles. The molecule has 21 heavy (non-hydrogen) atoms. The van der Waals surface area contributed by atoms with Crippen molar-refractivity contribution in [2.75, 3.05) is 26.8 Å². The third-order valence-corrected chi connectivity index (χ3v) is 4.95. The molecule has 1 aliphatic rings. The molecule has 0 aromatic carbocycles. The number of aliphatic hydroxyl groups is 1. The van der Waals surface area contributed by atoms with Crippen molar-refractivity contribution in [3.8, 4) is 5.75 Å². The summed E-state index contributed by atoms with van der Waals surface area (Å²) in [5.74, 6) is 0.945. The van der Waals surface area contributed by atoms with E-state index < -0.39 is 0 Å². The minimum Gasteiger partial charge on any atom is -0.496 e. The van der Waals surface area contributed by atoms with Crippen LogP contribution in [0.1, 0.15) is 43.0 Å². The second-order valence-corrected chi connectivity index (χ2v) is 6.37. The maximum atomic E-state index is 9.74. The fourth-order valence-electron chi connectivity index (χ4n) is 3.42. The average Bonchev–Trinajstić information content (AvgIpc) is 2.51. The molecule has 1 aliphatic heterocycles. The van der Waals surface area contributed by atoms with Crippen molar-refractivity contribution in [2.24, 2.45) is 5.41 Å². The zero-order valence-corrected chi connectivity index (χ0v) is 13.8. The van der Waals surface area contributed by atoms with Gasteiger partial charge in [-0.1, -0.05) is 6.92 Å². The van der Waals surface area contributed by atoms with Gasteiger partial charge in [-0.15, -0.1) is 0 Å². The van der Waals surface area contributed by atoms with Crippen molar-refractivity contribution in [1.29, 1.82) is 0 Å². The zero-order chi connectivity index (χ0) is 15.5. The SMILES string of the molecule is CC[C@@]1(CO)CCCN(Cc2ncc(C)c(OC)c2C)C1. The van der Waals surface area contributed by atoms with Gasteiger partial charge in [0.25, 0.3) is 0 Å². The number of aromatic nitrogens is 1. The Morgan fingerprint density at radius 3 is 2.81 bits per heavy atom. The number of hydrogen-bond donors (Lipinski definition) is 1. The fourth-order valence-corrected chi connectivity index (χ4v) is 3.42. The zero-order valence-electron chi connectivity index (χ0n) is 13.8. The van der Waals surface area contributed by atoms with Crippen molar-refractivity contribution >= 4 is 0 Å². The quantitative estimate of drug-likeness (QED) is 0.906. The molecular formula is C17H28N2O2. The summed E-state index contributed by atoms with van der Waals surface area (Å²) >= 11 is 0. The number of ether oxygens (including phenoxy) is 1. The first kappa shape index (κ1) is 16.2. The molecule has 0 radical (unpaired) electrons. The van der Waals surface area contributed by atoms with Crippen LogP contribution in [-0.2, 0) is 6.54 Å². The van der Waals surface area contributed by atoms with E-state index in [4.69, 9.17) is 4.74 Å². The van der Waals surface area contributed by atoms with E-state index in [1.54, 1.807) is 7.11 Å². The van der Waals surface area contributed by atoms with Gasteiger partial charge in [0.1, 0.15) is 5.75 Å². The predicted octanol–water partition coefficient (Wildman–Crippen LogP) is 2.69. The Balaban J connectivity index is 2.15. The number of piperidine rings is 1. The van der Waals surface area contributed by atoms with Gasteiger partial charge in [0.05, 0.1) is 12.8 Å². The standard InChI is InChI=1S/C17H28N2O2/c1-5-17(12-20)7-6-8-19(11-17)10-15-14(3)16(21-4)13(2)9-18-15/h9,20H,5-8,10-12H2,1-4H3/t17-/m1/s1. The first-order valence-electron chi connectivity index (χ1n) is 7.87. The highest BCUT2D eigenvalue weighted by atomic mass is 16.5. The molecule has 1 aromatic heterocycles. The van der Waals surface area contributed by atoms with E-state index in [0.717, 1.165) is 61.5 Å². The van der Waals surface area contributed by atoms with Gasteiger partial charge >= 0.3 is 0 Å². The predicted molar refractivity (Wildman–Crippen MR) is 84.6 cm³/mol. The third-order valence-electron chi connectivity index (χ3n) is 4.95. The van der Waals surface area contributed by atoms with E-state index in [1.165, 1.54) is 0 Å². The summed E-state index contributed by atoms with van der Waals surface area (Å²) in [4.78, 5) is 7.02. The van der Waals surface area contributed by atoms with Crippen LogP contribution >= 0.6 is 0 Å². The fraction of sp³-hybridized carbons (Fsp3) is 0.706. The molecule has 4 heteroatoms. The summed E-state index contributed by atoms with van der Waals surface area (Å²) in [6.45, 7) is 9.44. The lowest BCUT2D eigenvalue weighted by Gasteiger charge is -2.41. The molecule has 2 rings (SSSR count). The average molecular weight is 292 g/mol. The first-order chi connectivity index (χ1) is 10.0. The number of aryl methyl sites for hydroxylation is 1. The monoisotopic (exact) mass is 292 g/mol. The van der Waals surface area contributed by atoms with Gasteiger partial charge < -0.3 is 9.84 Å². The van der Waals surface area contributed by atoms with Crippen LogP contribution in [0.5, 0.6) is 5.75 Å². The number of aliphatic hydroxyl groups excluding tert-OH is 1. The number of likely N-dealkylation sites (tertiary alicyclic amines) is 1. The van der Waals surface area contributed by atoms with Crippen molar-refractivity contribution in [3.63, 3.8) is 0 Å². The second-order valence-electron chi connectivity index (χ2n) is 6.37. The van der Waals surface area contributed by atoms with Crippen LogP contribution in [0.4, 0.5) is 0 Å². The molecule has 1 saturated heterocycles. The Bertz CT molecular complexity index is 484. The summed E-state index contributed by atoms with van der Waals surface area (Å²) in [5.41, 5.74) is 3.37. The largest absolute Gasteiger partial charge is 0.496 e. The summed E-state index contributed by atoms with van der Waals surface area (Å²) in [7, 11) is 1.72. The topological polar surface area (TPSA) is 45.6 Å². The lowest BCUT2D eigenvalue weighted by molar-refractivity contribution is 0.0252. The molecule has 1 N–H and O–H groups in total. The van der Waals surface area contributed by atoms with E-state index in [2.05, 4.69) is 23.7 Å². The Morgan fingerprint density at radius 1 is 1.43 bits per heavy atom. The van der Waals surface area contributed by atoms with Crippen LogP contribution in [0, 0.1) is 19.3 Å². The van der Waals surface area contributed by atoms with Crippen LogP contribution < -0.4 is 4.74 Å². The molecule has 1 atom stereocenters. The molecule has 118 valence electrons. The molecule has 0 amide bonds. The molecule has 0 saturated carbocycles. The van der Waals surface area contributed by atoms with Gasteiger partial charge in [-0.25, -0.2) is 0 Å². The molecule has 2 heterocycles. The molecule has 0 spiro atoms. The van der Waals surface area contributed by atoms with Gasteiger partial charge in [-0.3, -0.25) is 9.88 Å². The molecule has 0 unspecified atom stereocenters. The van der Waals surface area contributed by atoms with Gasteiger partial charge in [0.2, 0.25) is 0 Å². The highest BCUT2D eigenvalue weighted by Gasteiger charge is 2.33. The van der Waals surface area contributed by atoms with Crippen LogP contribution in [0.25, 0.3) is 0 Å². The number of methoxy groups -OCH3 is 1.